The number of esters is 1. The minimum absolute atomic E-state index is 0.00760. The van der Waals surface area contributed by atoms with E-state index in [1.807, 2.05) is 0 Å². The first-order valence-corrected chi connectivity index (χ1v) is 10.3. The molecule has 6 nitrogen and oxygen atoms in total. The molecule has 0 aliphatic rings. The van der Waals surface area contributed by atoms with Gasteiger partial charge < -0.3 is 20.9 Å². The van der Waals surface area contributed by atoms with E-state index in [-0.39, 0.29) is 19.4 Å². The number of carbonyl (C=O) groups is 2. The summed E-state index contributed by atoms with van der Waals surface area (Å²) in [4.78, 5) is 23.0. The zero-order valence-corrected chi connectivity index (χ0v) is 17.8. The molecule has 180 valence electrons. The summed E-state index contributed by atoms with van der Waals surface area (Å²) < 4.78 is 61.4. The molecule has 0 spiro atoms. The predicted octanol–water partition coefficient (Wildman–Crippen LogP) is 3.34. The van der Waals surface area contributed by atoms with E-state index in [0.29, 0.717) is 24.2 Å². The molecule has 33 heavy (non-hydrogen) atoms. The summed E-state index contributed by atoms with van der Waals surface area (Å²) in [7, 11) is 0. The molecule has 2 rings (SSSR count). The molecular weight excluding hydrogens is 444 g/mol. The molecule has 0 aromatic heterocycles. The third kappa shape index (κ3) is 9.09. The van der Waals surface area contributed by atoms with Crippen LogP contribution in [0.25, 0.3) is 0 Å². The molecule has 0 saturated carbocycles. The monoisotopic (exact) mass is 470 g/mol. The Morgan fingerprint density at radius 3 is 2.12 bits per heavy atom. The van der Waals surface area contributed by atoms with Gasteiger partial charge in [0.05, 0.1) is 11.6 Å². The van der Waals surface area contributed by atoms with E-state index < -0.39 is 42.4 Å². The standard InChI is InChI=1S/C23H26F4N2O4/c24-13-19(14-32-18-10-6-16(7-11-18)12-20(28)22(29)31)33-21(30)3-1-2-15-4-8-17(9-5-15)23(25,26)27/h4-11,19-20H,1-3,12-14,28H2,(H2,29,31)/t19?,20-/m0/s1. The first-order chi connectivity index (χ1) is 15.6. The molecule has 0 aliphatic carbocycles. The Morgan fingerprint density at radius 1 is 0.970 bits per heavy atom. The third-order valence-corrected chi connectivity index (χ3v) is 4.78. The third-order valence-electron chi connectivity index (χ3n) is 4.78. The quantitative estimate of drug-likeness (QED) is 0.366. The van der Waals surface area contributed by atoms with Crippen molar-refractivity contribution in [1.82, 2.24) is 0 Å². The number of carbonyl (C=O) groups excluding carboxylic acids is 2. The highest BCUT2D eigenvalue weighted by atomic mass is 19.4. The first kappa shape index (κ1) is 26.1. The highest BCUT2D eigenvalue weighted by Gasteiger charge is 2.29. The number of alkyl halides is 4. The molecule has 10 heteroatoms. The fraction of sp³-hybridized carbons (Fsp3) is 0.391. The van der Waals surface area contributed by atoms with Gasteiger partial charge in [0, 0.05) is 6.42 Å². The molecule has 0 radical (unpaired) electrons. The largest absolute Gasteiger partial charge is 0.490 e. The Hall–Kier alpha value is -3.14. The summed E-state index contributed by atoms with van der Waals surface area (Å²) >= 11 is 0. The van der Waals surface area contributed by atoms with Gasteiger partial charge in [-0.25, -0.2) is 4.39 Å². The topological polar surface area (TPSA) is 105 Å². The Morgan fingerprint density at radius 2 is 1.58 bits per heavy atom. The van der Waals surface area contributed by atoms with Gasteiger partial charge in [-0.15, -0.1) is 0 Å². The van der Waals surface area contributed by atoms with Gasteiger partial charge in [0.15, 0.2) is 6.10 Å². The number of nitrogens with two attached hydrogens (primary N) is 2. The number of hydrogen-bond acceptors (Lipinski definition) is 5. The van der Waals surface area contributed by atoms with Gasteiger partial charge in [0.1, 0.15) is 19.0 Å². The van der Waals surface area contributed by atoms with Crippen LogP contribution < -0.4 is 16.2 Å². The SMILES string of the molecule is NC(=O)[C@@H](N)Cc1ccc(OCC(CF)OC(=O)CCCc2ccc(C(F)(F)F)cc2)cc1. The van der Waals surface area contributed by atoms with Crippen molar-refractivity contribution in [3.8, 4) is 5.75 Å². The number of benzene rings is 2. The number of amides is 1. The van der Waals surface area contributed by atoms with Crippen LogP contribution in [0.1, 0.15) is 29.5 Å². The summed E-state index contributed by atoms with van der Waals surface area (Å²) in [6, 6.07) is 10.5. The second kappa shape index (κ2) is 12.2. The Bertz CT molecular complexity index is 902. The molecule has 0 bridgehead atoms. The maximum atomic E-state index is 13.2. The van der Waals surface area contributed by atoms with Crippen molar-refractivity contribution < 1.29 is 36.6 Å². The second-order valence-electron chi connectivity index (χ2n) is 7.48. The molecule has 0 fully saturated rings. The lowest BCUT2D eigenvalue weighted by Crippen LogP contribution is -2.38. The van der Waals surface area contributed by atoms with Crippen LogP contribution in [0.3, 0.4) is 0 Å². The van der Waals surface area contributed by atoms with Crippen LogP contribution in [0.5, 0.6) is 5.75 Å². The Kier molecular flexibility index (Phi) is 9.65. The molecule has 0 saturated heterocycles. The fourth-order valence-corrected chi connectivity index (χ4v) is 2.92. The summed E-state index contributed by atoms with van der Waals surface area (Å²) in [6.45, 7) is -1.13. The molecular formula is C23H26F4N2O4. The zero-order chi connectivity index (χ0) is 24.4. The van der Waals surface area contributed by atoms with E-state index in [0.717, 1.165) is 17.7 Å². The van der Waals surface area contributed by atoms with Crippen LogP contribution in [0.15, 0.2) is 48.5 Å². The molecule has 2 aromatic carbocycles. The average Bonchev–Trinajstić information content (AvgIpc) is 2.77. The summed E-state index contributed by atoms with van der Waals surface area (Å²) in [5.41, 5.74) is 11.4. The molecule has 2 aromatic rings. The number of rotatable bonds is 12. The number of halogens is 4. The van der Waals surface area contributed by atoms with Crippen LogP contribution in [-0.2, 0) is 33.3 Å². The molecule has 0 aliphatic heterocycles. The molecule has 2 atom stereocenters. The average molecular weight is 470 g/mol. The van der Waals surface area contributed by atoms with E-state index in [2.05, 4.69) is 0 Å². The van der Waals surface area contributed by atoms with Gasteiger partial charge in [-0.2, -0.15) is 13.2 Å². The summed E-state index contributed by atoms with van der Waals surface area (Å²) in [5.74, 6) is -0.811. The van der Waals surface area contributed by atoms with Gasteiger partial charge in [-0.05, 0) is 54.7 Å². The van der Waals surface area contributed by atoms with Crippen molar-refractivity contribution in [3.05, 3.63) is 65.2 Å². The lowest BCUT2D eigenvalue weighted by atomic mass is 10.1. The van der Waals surface area contributed by atoms with Crippen LogP contribution >= 0.6 is 0 Å². The molecule has 0 heterocycles. The summed E-state index contributed by atoms with van der Waals surface area (Å²) in [5, 5.41) is 0. The minimum atomic E-state index is -4.40. The predicted molar refractivity (Wildman–Crippen MR) is 113 cm³/mol. The number of hydrogen-bond donors (Lipinski definition) is 2. The van der Waals surface area contributed by atoms with Crippen LogP contribution in [0.2, 0.25) is 0 Å². The van der Waals surface area contributed by atoms with E-state index in [4.69, 9.17) is 20.9 Å². The maximum absolute atomic E-state index is 13.2. The smallest absolute Gasteiger partial charge is 0.416 e. The van der Waals surface area contributed by atoms with Crippen LogP contribution in [0.4, 0.5) is 17.6 Å². The van der Waals surface area contributed by atoms with Gasteiger partial charge in [-0.1, -0.05) is 24.3 Å². The summed E-state index contributed by atoms with van der Waals surface area (Å²) in [6.07, 6.45) is -4.49. The first-order valence-electron chi connectivity index (χ1n) is 10.3. The van der Waals surface area contributed by atoms with Gasteiger partial charge >= 0.3 is 12.1 Å². The highest BCUT2D eigenvalue weighted by Crippen LogP contribution is 2.29. The molecule has 1 unspecified atom stereocenters. The van der Waals surface area contributed by atoms with Crippen molar-refractivity contribution in [2.24, 2.45) is 11.5 Å². The van der Waals surface area contributed by atoms with E-state index in [1.54, 1.807) is 24.3 Å². The zero-order valence-electron chi connectivity index (χ0n) is 17.8. The van der Waals surface area contributed by atoms with Crippen LogP contribution in [0, 0.1) is 0 Å². The Balaban J connectivity index is 1.73. The van der Waals surface area contributed by atoms with E-state index in [9.17, 15) is 27.2 Å². The van der Waals surface area contributed by atoms with Crippen molar-refractivity contribution in [2.45, 2.75) is 44.0 Å². The van der Waals surface area contributed by atoms with Gasteiger partial charge in [0.2, 0.25) is 5.91 Å². The normalized spacial score (nSPS) is 13.2. The van der Waals surface area contributed by atoms with Crippen molar-refractivity contribution in [3.63, 3.8) is 0 Å². The highest BCUT2D eigenvalue weighted by molar-refractivity contribution is 5.79. The second-order valence-corrected chi connectivity index (χ2v) is 7.48. The van der Waals surface area contributed by atoms with E-state index in [1.165, 1.54) is 12.1 Å². The van der Waals surface area contributed by atoms with Gasteiger partial charge in [-0.3, -0.25) is 9.59 Å². The Labute approximate surface area is 188 Å². The number of primary amides is 1. The van der Waals surface area contributed by atoms with Crippen molar-refractivity contribution in [2.75, 3.05) is 13.3 Å². The van der Waals surface area contributed by atoms with Crippen molar-refractivity contribution in [1.29, 1.82) is 0 Å². The minimum Gasteiger partial charge on any atom is -0.490 e. The number of ether oxygens (including phenoxy) is 2. The molecule has 4 N–H and O–H groups in total. The van der Waals surface area contributed by atoms with E-state index >= 15 is 0 Å². The fourth-order valence-electron chi connectivity index (χ4n) is 2.92. The maximum Gasteiger partial charge on any atom is 0.416 e. The van der Waals surface area contributed by atoms with Crippen molar-refractivity contribution >= 4 is 11.9 Å². The lowest BCUT2D eigenvalue weighted by Gasteiger charge is -2.16. The lowest BCUT2D eigenvalue weighted by molar-refractivity contribution is -0.151. The van der Waals surface area contributed by atoms with Gasteiger partial charge in [0.25, 0.3) is 0 Å². The van der Waals surface area contributed by atoms with Crippen LogP contribution in [-0.4, -0.2) is 37.3 Å². The number of aryl methyl sites for hydroxylation is 1. The molecule has 1 amide bonds.